The number of nitrogens with zero attached hydrogens (tertiary/aromatic N) is 3. The molecule has 0 unspecified atom stereocenters. The van der Waals surface area contributed by atoms with Gasteiger partial charge >= 0.3 is 0 Å². The molecule has 0 amide bonds. The summed E-state index contributed by atoms with van der Waals surface area (Å²) < 4.78 is 1.95. The molecule has 0 saturated heterocycles. The van der Waals surface area contributed by atoms with Gasteiger partial charge in [-0.05, 0) is 23.5 Å². The summed E-state index contributed by atoms with van der Waals surface area (Å²) in [6, 6.07) is 16.0. The van der Waals surface area contributed by atoms with Gasteiger partial charge in [0.2, 0.25) is 0 Å². The van der Waals surface area contributed by atoms with Crippen LogP contribution in [-0.2, 0) is 12.5 Å². The molecule has 0 radical (unpaired) electrons. The van der Waals surface area contributed by atoms with Crippen LogP contribution in [0.1, 0.15) is 42.3 Å². The van der Waals surface area contributed by atoms with Crippen molar-refractivity contribution in [1.29, 1.82) is 0 Å². The number of ketones is 1. The van der Waals surface area contributed by atoms with Crippen LogP contribution in [0.25, 0.3) is 11.4 Å². The number of hydrogen-bond donors (Lipinski definition) is 0. The summed E-state index contributed by atoms with van der Waals surface area (Å²) in [6.45, 7) is 8.56. The highest BCUT2D eigenvalue weighted by Crippen LogP contribution is 2.26. The van der Waals surface area contributed by atoms with Crippen molar-refractivity contribution in [3.63, 3.8) is 0 Å². The van der Waals surface area contributed by atoms with Gasteiger partial charge in [0, 0.05) is 18.2 Å². The predicted octanol–water partition coefficient (Wildman–Crippen LogP) is 5.06. The Balaban J connectivity index is 1.70. The molecule has 0 aliphatic heterocycles. The number of aryl methyl sites for hydroxylation is 1. The summed E-state index contributed by atoms with van der Waals surface area (Å²) in [5.41, 5.74) is 4.25. The Morgan fingerprint density at radius 1 is 1.04 bits per heavy atom. The minimum absolute atomic E-state index is 0.0843. The van der Waals surface area contributed by atoms with Gasteiger partial charge in [0.25, 0.3) is 0 Å². The van der Waals surface area contributed by atoms with E-state index in [-0.39, 0.29) is 11.2 Å². The first kappa shape index (κ1) is 19.4. The van der Waals surface area contributed by atoms with Gasteiger partial charge in [0.1, 0.15) is 0 Å². The fraction of sp³-hybridized carbons (Fsp3) is 0.318. The Morgan fingerprint density at radius 2 is 1.70 bits per heavy atom. The summed E-state index contributed by atoms with van der Waals surface area (Å²) >= 11 is 1.42. The van der Waals surface area contributed by atoms with Crippen LogP contribution in [0, 0.1) is 6.92 Å². The molecule has 0 spiro atoms. The number of benzene rings is 2. The highest BCUT2D eigenvalue weighted by Gasteiger charge is 2.16. The average molecular weight is 380 g/mol. The average Bonchev–Trinajstić information content (AvgIpc) is 3.00. The lowest BCUT2D eigenvalue weighted by molar-refractivity contribution is 0.102. The molecule has 5 heteroatoms. The van der Waals surface area contributed by atoms with Crippen LogP contribution in [0.5, 0.6) is 0 Å². The van der Waals surface area contributed by atoms with Crippen molar-refractivity contribution in [2.45, 2.75) is 38.3 Å². The molecule has 1 heterocycles. The zero-order chi connectivity index (χ0) is 19.6. The lowest BCUT2D eigenvalue weighted by atomic mass is 9.86. The van der Waals surface area contributed by atoms with Gasteiger partial charge in [-0.2, -0.15) is 0 Å². The first-order chi connectivity index (χ1) is 12.8. The molecule has 3 aromatic rings. The molecule has 1 aromatic heterocycles. The third-order valence-corrected chi connectivity index (χ3v) is 5.65. The van der Waals surface area contributed by atoms with E-state index in [1.807, 2.05) is 54.1 Å². The van der Waals surface area contributed by atoms with Gasteiger partial charge in [-0.15, -0.1) is 10.2 Å². The molecule has 0 saturated carbocycles. The van der Waals surface area contributed by atoms with E-state index in [1.54, 1.807) is 0 Å². The standard InChI is InChI=1S/C22H25N3OS/c1-15-8-6-7-9-18(15)20-23-24-21(25(20)5)27-14-19(26)16-10-12-17(13-11-16)22(2,3)4/h6-13H,14H2,1-5H3. The van der Waals surface area contributed by atoms with Gasteiger partial charge in [-0.25, -0.2) is 0 Å². The fourth-order valence-electron chi connectivity index (χ4n) is 2.87. The van der Waals surface area contributed by atoms with E-state index in [9.17, 15) is 4.79 Å². The molecule has 0 aliphatic rings. The molecule has 0 aliphatic carbocycles. The van der Waals surface area contributed by atoms with Crippen molar-refractivity contribution < 1.29 is 4.79 Å². The normalized spacial score (nSPS) is 11.6. The molecule has 0 atom stereocenters. The minimum Gasteiger partial charge on any atom is -0.305 e. The second-order valence-corrected chi connectivity index (χ2v) is 8.66. The van der Waals surface area contributed by atoms with Gasteiger partial charge in [0.05, 0.1) is 5.75 Å². The van der Waals surface area contributed by atoms with Crippen molar-refractivity contribution >= 4 is 17.5 Å². The SMILES string of the molecule is Cc1ccccc1-c1nnc(SCC(=O)c2ccc(C(C)(C)C)cc2)n1C. The van der Waals surface area contributed by atoms with Crippen LogP contribution in [-0.4, -0.2) is 26.3 Å². The quantitative estimate of drug-likeness (QED) is 0.459. The van der Waals surface area contributed by atoms with Crippen molar-refractivity contribution in [3.8, 4) is 11.4 Å². The topological polar surface area (TPSA) is 47.8 Å². The summed E-state index contributed by atoms with van der Waals surface area (Å²) in [6.07, 6.45) is 0. The molecule has 27 heavy (non-hydrogen) atoms. The maximum atomic E-state index is 12.5. The van der Waals surface area contributed by atoms with Crippen molar-refractivity contribution in [3.05, 3.63) is 65.2 Å². The monoisotopic (exact) mass is 379 g/mol. The van der Waals surface area contributed by atoms with Gasteiger partial charge in [-0.3, -0.25) is 4.79 Å². The van der Waals surface area contributed by atoms with E-state index in [0.717, 1.165) is 27.7 Å². The van der Waals surface area contributed by atoms with Crippen molar-refractivity contribution in [2.24, 2.45) is 7.05 Å². The second-order valence-electron chi connectivity index (χ2n) is 7.72. The van der Waals surface area contributed by atoms with E-state index in [0.29, 0.717) is 5.75 Å². The number of aromatic nitrogens is 3. The van der Waals surface area contributed by atoms with Crippen LogP contribution in [0.3, 0.4) is 0 Å². The Bertz CT molecular complexity index is 952. The highest BCUT2D eigenvalue weighted by atomic mass is 32.2. The first-order valence-electron chi connectivity index (χ1n) is 8.99. The molecule has 0 bridgehead atoms. The molecule has 2 aromatic carbocycles. The van der Waals surface area contributed by atoms with Gasteiger partial charge < -0.3 is 4.57 Å². The number of carbonyl (C=O) groups excluding carboxylic acids is 1. The summed E-state index contributed by atoms with van der Waals surface area (Å²) in [5.74, 6) is 1.26. The maximum Gasteiger partial charge on any atom is 0.191 e. The largest absolute Gasteiger partial charge is 0.305 e. The molecule has 0 N–H and O–H groups in total. The van der Waals surface area contributed by atoms with Crippen LogP contribution in [0.4, 0.5) is 0 Å². The fourth-order valence-corrected chi connectivity index (χ4v) is 3.67. The van der Waals surface area contributed by atoms with E-state index >= 15 is 0 Å². The van der Waals surface area contributed by atoms with Gasteiger partial charge in [0.15, 0.2) is 16.8 Å². The Morgan fingerprint density at radius 3 is 2.33 bits per heavy atom. The van der Waals surface area contributed by atoms with Crippen LogP contribution in [0.2, 0.25) is 0 Å². The minimum atomic E-state index is 0.0843. The second kappa shape index (κ2) is 7.69. The number of Topliss-reactive ketones (excluding diaryl/α,β-unsaturated/α-hetero) is 1. The summed E-state index contributed by atoms with van der Waals surface area (Å²) in [5, 5.41) is 9.33. The lowest BCUT2D eigenvalue weighted by Gasteiger charge is -2.18. The summed E-state index contributed by atoms with van der Waals surface area (Å²) in [7, 11) is 1.94. The lowest BCUT2D eigenvalue weighted by Crippen LogP contribution is -2.11. The third-order valence-electron chi connectivity index (χ3n) is 4.63. The summed E-state index contributed by atoms with van der Waals surface area (Å²) in [4.78, 5) is 12.5. The van der Waals surface area contributed by atoms with Crippen LogP contribution >= 0.6 is 11.8 Å². The molecular weight excluding hydrogens is 354 g/mol. The maximum absolute atomic E-state index is 12.5. The van der Waals surface area contributed by atoms with E-state index in [1.165, 1.54) is 17.3 Å². The first-order valence-corrected chi connectivity index (χ1v) is 9.98. The number of hydrogen-bond acceptors (Lipinski definition) is 4. The van der Waals surface area contributed by atoms with Gasteiger partial charge in [-0.1, -0.05) is 81.1 Å². The van der Waals surface area contributed by atoms with E-state index in [4.69, 9.17) is 0 Å². The van der Waals surface area contributed by atoms with Crippen molar-refractivity contribution in [1.82, 2.24) is 14.8 Å². The zero-order valence-electron chi connectivity index (χ0n) is 16.5. The number of thioether (sulfide) groups is 1. The Labute approximate surface area is 165 Å². The third kappa shape index (κ3) is 4.30. The Kier molecular flexibility index (Phi) is 5.51. The molecule has 140 valence electrons. The van der Waals surface area contributed by atoms with Crippen molar-refractivity contribution in [2.75, 3.05) is 5.75 Å². The predicted molar refractivity (Wildman–Crippen MR) is 111 cm³/mol. The molecule has 0 fully saturated rings. The highest BCUT2D eigenvalue weighted by molar-refractivity contribution is 7.99. The Hall–Kier alpha value is -2.40. The smallest absolute Gasteiger partial charge is 0.191 e. The van der Waals surface area contributed by atoms with Crippen LogP contribution < -0.4 is 0 Å². The van der Waals surface area contributed by atoms with E-state index in [2.05, 4.69) is 44.0 Å². The van der Waals surface area contributed by atoms with E-state index < -0.39 is 0 Å². The number of carbonyl (C=O) groups is 1. The van der Waals surface area contributed by atoms with Crippen LogP contribution in [0.15, 0.2) is 53.7 Å². The number of rotatable bonds is 5. The molecular formula is C22H25N3OS. The molecule has 3 rings (SSSR count). The zero-order valence-corrected chi connectivity index (χ0v) is 17.3. The molecule has 4 nitrogen and oxygen atoms in total.